The molecular weight excluding hydrogens is 250 g/mol. The number of nitrogens with two attached hydrogens (primary N) is 1. The number of aromatic nitrogens is 2. The molecule has 1 fully saturated rings. The first-order chi connectivity index (χ1) is 9.70. The van der Waals surface area contributed by atoms with Crippen molar-refractivity contribution in [3.05, 3.63) is 35.9 Å². The van der Waals surface area contributed by atoms with Crippen molar-refractivity contribution in [1.29, 1.82) is 0 Å². The monoisotopic (exact) mass is 271 g/mol. The number of hydrogen-bond acceptors (Lipinski definition) is 4. The van der Waals surface area contributed by atoms with Crippen LogP contribution in [-0.2, 0) is 6.54 Å². The van der Waals surface area contributed by atoms with Crippen LogP contribution in [0.25, 0.3) is 11.3 Å². The summed E-state index contributed by atoms with van der Waals surface area (Å²) in [5.74, 6) is 0.529. The predicted octanol–water partition coefficient (Wildman–Crippen LogP) is 1.41. The van der Waals surface area contributed by atoms with Crippen molar-refractivity contribution in [2.75, 3.05) is 39.0 Å². The highest BCUT2D eigenvalue weighted by atomic mass is 15.2. The van der Waals surface area contributed by atoms with Crippen molar-refractivity contribution in [3.8, 4) is 11.3 Å². The van der Waals surface area contributed by atoms with Gasteiger partial charge in [-0.3, -0.25) is 10.00 Å². The largest absolute Gasteiger partial charge is 0.382 e. The number of anilines is 1. The van der Waals surface area contributed by atoms with Crippen LogP contribution in [0.4, 0.5) is 5.82 Å². The maximum absolute atomic E-state index is 5.63. The van der Waals surface area contributed by atoms with Crippen molar-refractivity contribution in [2.45, 2.75) is 6.54 Å². The number of benzene rings is 1. The molecule has 3 rings (SSSR count). The molecule has 1 aliphatic rings. The van der Waals surface area contributed by atoms with Crippen molar-refractivity contribution in [2.24, 2.45) is 0 Å². The SMILES string of the molecule is CN1CCN(Cc2ccc(-c3cc(N)n[nH]3)cc2)CC1. The Morgan fingerprint density at radius 2 is 1.85 bits per heavy atom. The van der Waals surface area contributed by atoms with E-state index in [1.54, 1.807) is 0 Å². The molecule has 0 amide bonds. The third-order valence-corrected chi connectivity index (χ3v) is 3.86. The van der Waals surface area contributed by atoms with E-state index < -0.39 is 0 Å². The minimum Gasteiger partial charge on any atom is -0.382 e. The van der Waals surface area contributed by atoms with Gasteiger partial charge in [0.1, 0.15) is 5.82 Å². The molecule has 2 heterocycles. The van der Waals surface area contributed by atoms with Gasteiger partial charge in [-0.1, -0.05) is 24.3 Å². The number of H-pyrrole nitrogens is 1. The van der Waals surface area contributed by atoms with Crippen LogP contribution in [0.15, 0.2) is 30.3 Å². The Kier molecular flexibility index (Phi) is 3.71. The van der Waals surface area contributed by atoms with E-state index >= 15 is 0 Å². The number of aromatic amines is 1. The molecule has 0 saturated carbocycles. The van der Waals surface area contributed by atoms with E-state index in [2.05, 4.69) is 51.3 Å². The Morgan fingerprint density at radius 1 is 1.15 bits per heavy atom. The number of nitrogens with zero attached hydrogens (tertiary/aromatic N) is 3. The van der Waals surface area contributed by atoms with Gasteiger partial charge in [0.15, 0.2) is 0 Å². The number of likely N-dealkylation sites (N-methyl/N-ethyl adjacent to an activating group) is 1. The standard InChI is InChI=1S/C15H21N5/c1-19-6-8-20(9-7-19)11-12-2-4-13(5-3-12)14-10-15(16)18-17-14/h2-5,10H,6-9,11H2,1H3,(H3,16,17,18). The van der Waals surface area contributed by atoms with Gasteiger partial charge in [-0.05, 0) is 18.2 Å². The van der Waals surface area contributed by atoms with E-state index in [0.717, 1.165) is 44.0 Å². The van der Waals surface area contributed by atoms with Gasteiger partial charge in [0.25, 0.3) is 0 Å². The summed E-state index contributed by atoms with van der Waals surface area (Å²) in [4.78, 5) is 4.88. The molecule has 1 aromatic carbocycles. The van der Waals surface area contributed by atoms with Crippen LogP contribution in [0.5, 0.6) is 0 Å². The van der Waals surface area contributed by atoms with E-state index in [-0.39, 0.29) is 0 Å². The summed E-state index contributed by atoms with van der Waals surface area (Å²) in [5, 5.41) is 6.89. The minimum atomic E-state index is 0.529. The molecule has 0 spiro atoms. The lowest BCUT2D eigenvalue weighted by molar-refractivity contribution is 0.148. The lowest BCUT2D eigenvalue weighted by Crippen LogP contribution is -2.43. The average Bonchev–Trinajstić information content (AvgIpc) is 2.89. The lowest BCUT2D eigenvalue weighted by atomic mass is 10.1. The highest BCUT2D eigenvalue weighted by Gasteiger charge is 2.13. The molecule has 1 aromatic heterocycles. The minimum absolute atomic E-state index is 0.529. The molecule has 3 N–H and O–H groups in total. The van der Waals surface area contributed by atoms with Gasteiger partial charge < -0.3 is 10.6 Å². The van der Waals surface area contributed by atoms with Crippen LogP contribution in [0.1, 0.15) is 5.56 Å². The molecule has 1 aliphatic heterocycles. The van der Waals surface area contributed by atoms with Crippen molar-refractivity contribution < 1.29 is 0 Å². The lowest BCUT2D eigenvalue weighted by Gasteiger charge is -2.32. The molecular formula is C15H21N5. The van der Waals surface area contributed by atoms with Gasteiger partial charge in [0.05, 0.1) is 5.69 Å². The number of hydrogen-bond donors (Lipinski definition) is 2. The molecule has 1 saturated heterocycles. The second kappa shape index (κ2) is 5.64. The zero-order valence-electron chi connectivity index (χ0n) is 11.8. The van der Waals surface area contributed by atoms with E-state index in [1.165, 1.54) is 5.56 Å². The molecule has 5 nitrogen and oxygen atoms in total. The smallest absolute Gasteiger partial charge is 0.145 e. The summed E-state index contributed by atoms with van der Waals surface area (Å²) >= 11 is 0. The summed E-state index contributed by atoms with van der Waals surface area (Å²) in [6, 6.07) is 10.5. The zero-order chi connectivity index (χ0) is 13.9. The number of rotatable bonds is 3. The Bertz CT molecular complexity index is 552. The Morgan fingerprint density at radius 3 is 2.45 bits per heavy atom. The van der Waals surface area contributed by atoms with Crippen molar-refractivity contribution >= 4 is 5.82 Å². The maximum atomic E-state index is 5.63. The molecule has 0 aliphatic carbocycles. The first-order valence-electron chi connectivity index (χ1n) is 7.02. The molecule has 2 aromatic rings. The van der Waals surface area contributed by atoms with Crippen LogP contribution >= 0.6 is 0 Å². The van der Waals surface area contributed by atoms with Gasteiger partial charge in [-0.25, -0.2) is 0 Å². The van der Waals surface area contributed by atoms with Gasteiger partial charge in [0, 0.05) is 38.8 Å². The predicted molar refractivity (Wildman–Crippen MR) is 81.2 cm³/mol. The number of nitrogens with one attached hydrogen (secondary N) is 1. The summed E-state index contributed by atoms with van der Waals surface area (Å²) in [5.41, 5.74) is 9.07. The summed E-state index contributed by atoms with van der Waals surface area (Å²) in [7, 11) is 2.18. The third-order valence-electron chi connectivity index (χ3n) is 3.86. The summed E-state index contributed by atoms with van der Waals surface area (Å²) in [6.07, 6.45) is 0. The first-order valence-corrected chi connectivity index (χ1v) is 7.02. The number of piperazine rings is 1. The average molecular weight is 271 g/mol. The van der Waals surface area contributed by atoms with Crippen LogP contribution < -0.4 is 5.73 Å². The first kappa shape index (κ1) is 13.1. The molecule has 0 unspecified atom stereocenters. The van der Waals surface area contributed by atoms with Gasteiger partial charge in [-0.15, -0.1) is 0 Å². The fourth-order valence-corrected chi connectivity index (χ4v) is 2.54. The molecule has 5 heteroatoms. The van der Waals surface area contributed by atoms with Crippen LogP contribution in [0.2, 0.25) is 0 Å². The van der Waals surface area contributed by atoms with Crippen molar-refractivity contribution in [3.63, 3.8) is 0 Å². The van der Waals surface area contributed by atoms with Gasteiger partial charge in [0.2, 0.25) is 0 Å². The van der Waals surface area contributed by atoms with Gasteiger partial charge in [-0.2, -0.15) is 5.10 Å². The summed E-state index contributed by atoms with van der Waals surface area (Å²) in [6.45, 7) is 5.64. The van der Waals surface area contributed by atoms with E-state index in [0.29, 0.717) is 5.82 Å². The second-order valence-corrected chi connectivity index (χ2v) is 5.48. The Labute approximate surface area is 119 Å². The molecule has 20 heavy (non-hydrogen) atoms. The fourth-order valence-electron chi connectivity index (χ4n) is 2.54. The molecule has 0 atom stereocenters. The molecule has 0 radical (unpaired) electrons. The quantitative estimate of drug-likeness (QED) is 0.886. The zero-order valence-corrected chi connectivity index (χ0v) is 11.8. The van der Waals surface area contributed by atoms with Crippen molar-refractivity contribution in [1.82, 2.24) is 20.0 Å². The fraction of sp³-hybridized carbons (Fsp3) is 0.400. The maximum Gasteiger partial charge on any atom is 0.145 e. The molecule has 106 valence electrons. The van der Waals surface area contributed by atoms with E-state index in [1.807, 2.05) is 6.07 Å². The van der Waals surface area contributed by atoms with Crippen LogP contribution in [0.3, 0.4) is 0 Å². The Balaban J connectivity index is 1.64. The van der Waals surface area contributed by atoms with Gasteiger partial charge >= 0.3 is 0 Å². The number of nitrogen functional groups attached to an aromatic ring is 1. The molecule has 0 bridgehead atoms. The highest BCUT2D eigenvalue weighted by molar-refractivity contribution is 5.62. The van der Waals surface area contributed by atoms with E-state index in [9.17, 15) is 0 Å². The Hall–Kier alpha value is -1.85. The highest BCUT2D eigenvalue weighted by Crippen LogP contribution is 2.19. The third kappa shape index (κ3) is 3.00. The van der Waals surface area contributed by atoms with Crippen LogP contribution in [-0.4, -0.2) is 53.2 Å². The summed E-state index contributed by atoms with van der Waals surface area (Å²) < 4.78 is 0. The topological polar surface area (TPSA) is 61.2 Å². The van der Waals surface area contributed by atoms with Crippen LogP contribution in [0, 0.1) is 0 Å². The second-order valence-electron chi connectivity index (χ2n) is 5.48. The van der Waals surface area contributed by atoms with E-state index in [4.69, 9.17) is 5.73 Å². The normalized spacial score (nSPS) is 17.4.